The molecule has 1 aromatic heterocycles. The summed E-state index contributed by atoms with van der Waals surface area (Å²) in [6.07, 6.45) is 0. The zero-order valence-electron chi connectivity index (χ0n) is 15.7. The second-order valence-corrected chi connectivity index (χ2v) is 10.0. The number of rotatable bonds is 4. The number of aromatic nitrogens is 1. The summed E-state index contributed by atoms with van der Waals surface area (Å²) < 4.78 is 40.9. The van der Waals surface area contributed by atoms with Gasteiger partial charge in [-0.15, -0.1) is 11.3 Å². The first-order valence-corrected chi connectivity index (χ1v) is 11.8. The maximum absolute atomic E-state index is 13.7. The smallest absolute Gasteiger partial charge is 0.243 e. The summed E-state index contributed by atoms with van der Waals surface area (Å²) in [7, 11) is -3.50. The van der Waals surface area contributed by atoms with E-state index in [0.717, 1.165) is 10.7 Å². The molecule has 2 heterocycles. The molecule has 0 unspecified atom stereocenters. The van der Waals surface area contributed by atoms with Crippen molar-refractivity contribution in [3.8, 4) is 11.3 Å². The van der Waals surface area contributed by atoms with E-state index in [-0.39, 0.29) is 5.02 Å². The van der Waals surface area contributed by atoms with Gasteiger partial charge in [0.15, 0.2) is 5.13 Å². The first kappa shape index (κ1) is 20.3. The van der Waals surface area contributed by atoms with Crippen molar-refractivity contribution in [1.82, 2.24) is 9.29 Å². The van der Waals surface area contributed by atoms with Crippen molar-refractivity contribution in [2.45, 2.75) is 11.8 Å². The molecule has 0 aliphatic carbocycles. The van der Waals surface area contributed by atoms with Crippen LogP contribution in [0.25, 0.3) is 11.3 Å². The fraction of sp³-hybridized carbons (Fsp3) is 0.250. The minimum absolute atomic E-state index is 0.0788. The summed E-state index contributed by atoms with van der Waals surface area (Å²) in [6.45, 7) is 3.80. The van der Waals surface area contributed by atoms with Crippen LogP contribution in [0.5, 0.6) is 0 Å². The van der Waals surface area contributed by atoms with E-state index >= 15 is 0 Å². The Morgan fingerprint density at radius 3 is 2.41 bits per heavy atom. The van der Waals surface area contributed by atoms with Crippen LogP contribution in [0.1, 0.15) is 5.56 Å². The molecule has 152 valence electrons. The van der Waals surface area contributed by atoms with Crippen molar-refractivity contribution >= 4 is 38.1 Å². The number of thiazole rings is 1. The van der Waals surface area contributed by atoms with Crippen LogP contribution in [0.3, 0.4) is 0 Å². The van der Waals surface area contributed by atoms with Crippen molar-refractivity contribution < 1.29 is 12.8 Å². The predicted molar refractivity (Wildman–Crippen MR) is 115 cm³/mol. The second kappa shape index (κ2) is 8.02. The SMILES string of the molecule is Cc1ccc(S(=O)(=O)N2CCN(c3nc(-c4ccc(Cl)c(F)c4)cs3)CC2)cc1. The summed E-state index contributed by atoms with van der Waals surface area (Å²) in [6, 6.07) is 11.5. The van der Waals surface area contributed by atoms with Crippen molar-refractivity contribution in [1.29, 1.82) is 0 Å². The zero-order valence-corrected chi connectivity index (χ0v) is 18.1. The van der Waals surface area contributed by atoms with Crippen LogP contribution in [-0.2, 0) is 10.0 Å². The van der Waals surface area contributed by atoms with Gasteiger partial charge in [-0.2, -0.15) is 4.31 Å². The Kier molecular flexibility index (Phi) is 5.61. The lowest BCUT2D eigenvalue weighted by Gasteiger charge is -2.33. The third-order valence-electron chi connectivity index (χ3n) is 4.88. The molecule has 0 saturated carbocycles. The number of piperazine rings is 1. The first-order valence-electron chi connectivity index (χ1n) is 9.07. The van der Waals surface area contributed by atoms with Gasteiger partial charge in [0.25, 0.3) is 0 Å². The van der Waals surface area contributed by atoms with Crippen molar-refractivity contribution in [2.24, 2.45) is 0 Å². The standard InChI is InChI=1S/C20H19ClFN3O2S2/c1-14-2-5-16(6-3-14)29(26,27)25-10-8-24(9-11-25)20-23-19(13-28-20)15-4-7-17(21)18(22)12-15/h2-7,12-13H,8-11H2,1H3. The Morgan fingerprint density at radius 2 is 1.76 bits per heavy atom. The van der Waals surface area contributed by atoms with Crippen LogP contribution < -0.4 is 4.90 Å². The van der Waals surface area contributed by atoms with E-state index in [1.54, 1.807) is 30.3 Å². The fourth-order valence-corrected chi connectivity index (χ4v) is 5.60. The van der Waals surface area contributed by atoms with E-state index in [2.05, 4.69) is 9.88 Å². The highest BCUT2D eigenvalue weighted by atomic mass is 35.5. The van der Waals surface area contributed by atoms with Crippen LogP contribution in [0.2, 0.25) is 5.02 Å². The predicted octanol–water partition coefficient (Wildman–Crippen LogP) is 4.42. The van der Waals surface area contributed by atoms with E-state index in [1.165, 1.54) is 27.8 Å². The number of sulfonamides is 1. The Bertz CT molecular complexity index is 1120. The lowest BCUT2D eigenvalue weighted by molar-refractivity contribution is 0.385. The maximum atomic E-state index is 13.7. The highest BCUT2D eigenvalue weighted by Gasteiger charge is 2.29. The summed E-state index contributed by atoms with van der Waals surface area (Å²) >= 11 is 7.20. The number of aryl methyl sites for hydroxylation is 1. The number of halogens is 2. The van der Waals surface area contributed by atoms with Crippen molar-refractivity contribution in [3.05, 3.63) is 64.2 Å². The molecule has 2 aromatic carbocycles. The highest BCUT2D eigenvalue weighted by Crippen LogP contribution is 2.30. The van der Waals surface area contributed by atoms with Gasteiger partial charge in [0.1, 0.15) is 5.82 Å². The summed E-state index contributed by atoms with van der Waals surface area (Å²) in [5, 5.41) is 2.74. The molecule has 1 saturated heterocycles. The molecule has 3 aromatic rings. The lowest BCUT2D eigenvalue weighted by atomic mass is 10.2. The van der Waals surface area contributed by atoms with Gasteiger partial charge in [-0.1, -0.05) is 35.4 Å². The molecule has 5 nitrogen and oxygen atoms in total. The van der Waals surface area contributed by atoms with E-state index in [4.69, 9.17) is 11.6 Å². The van der Waals surface area contributed by atoms with Gasteiger partial charge >= 0.3 is 0 Å². The Hall–Kier alpha value is -2.00. The van der Waals surface area contributed by atoms with Crippen LogP contribution in [0, 0.1) is 12.7 Å². The van der Waals surface area contributed by atoms with E-state index in [1.807, 2.05) is 12.3 Å². The normalized spacial score (nSPS) is 15.6. The first-order chi connectivity index (χ1) is 13.8. The monoisotopic (exact) mass is 451 g/mol. The van der Waals surface area contributed by atoms with Gasteiger partial charge in [-0.25, -0.2) is 17.8 Å². The average molecular weight is 452 g/mol. The van der Waals surface area contributed by atoms with E-state index in [9.17, 15) is 12.8 Å². The average Bonchev–Trinajstić information content (AvgIpc) is 3.21. The molecule has 29 heavy (non-hydrogen) atoms. The summed E-state index contributed by atoms with van der Waals surface area (Å²) in [5.41, 5.74) is 2.36. The topological polar surface area (TPSA) is 53.5 Å². The number of benzene rings is 2. The molecule has 1 aliphatic rings. The molecule has 9 heteroatoms. The number of hydrogen-bond donors (Lipinski definition) is 0. The van der Waals surface area contributed by atoms with Gasteiger partial charge in [0.2, 0.25) is 10.0 Å². The summed E-state index contributed by atoms with van der Waals surface area (Å²) in [5.74, 6) is -0.478. The Labute approximate surface area is 178 Å². The van der Waals surface area contributed by atoms with Crippen LogP contribution in [-0.4, -0.2) is 43.9 Å². The molecule has 4 rings (SSSR count). The molecular weight excluding hydrogens is 433 g/mol. The van der Waals surface area contributed by atoms with Crippen molar-refractivity contribution in [3.63, 3.8) is 0 Å². The number of hydrogen-bond acceptors (Lipinski definition) is 5. The van der Waals surface area contributed by atoms with Gasteiger partial charge in [-0.3, -0.25) is 0 Å². The van der Waals surface area contributed by atoms with E-state index in [0.29, 0.717) is 42.3 Å². The summed E-state index contributed by atoms with van der Waals surface area (Å²) in [4.78, 5) is 6.97. The zero-order chi connectivity index (χ0) is 20.6. The molecule has 0 radical (unpaired) electrons. The molecule has 1 aliphatic heterocycles. The van der Waals surface area contributed by atoms with Crippen LogP contribution in [0.4, 0.5) is 9.52 Å². The van der Waals surface area contributed by atoms with Crippen molar-refractivity contribution in [2.75, 3.05) is 31.1 Å². The minimum Gasteiger partial charge on any atom is -0.345 e. The molecule has 0 spiro atoms. The van der Waals surface area contributed by atoms with Gasteiger partial charge < -0.3 is 4.90 Å². The Balaban J connectivity index is 1.45. The van der Waals surface area contributed by atoms with Gasteiger partial charge in [0.05, 0.1) is 15.6 Å². The van der Waals surface area contributed by atoms with Crippen LogP contribution in [0.15, 0.2) is 52.7 Å². The lowest BCUT2D eigenvalue weighted by Crippen LogP contribution is -2.48. The van der Waals surface area contributed by atoms with Gasteiger partial charge in [0, 0.05) is 37.1 Å². The number of anilines is 1. The van der Waals surface area contributed by atoms with E-state index < -0.39 is 15.8 Å². The quantitative estimate of drug-likeness (QED) is 0.589. The molecule has 0 amide bonds. The molecular formula is C20H19ClFN3O2S2. The van der Waals surface area contributed by atoms with Gasteiger partial charge in [-0.05, 0) is 31.2 Å². The minimum atomic E-state index is -3.50. The second-order valence-electron chi connectivity index (χ2n) is 6.85. The third kappa shape index (κ3) is 4.16. The molecule has 0 atom stereocenters. The Morgan fingerprint density at radius 1 is 1.07 bits per heavy atom. The third-order valence-corrected chi connectivity index (χ3v) is 8.00. The molecule has 0 bridgehead atoms. The maximum Gasteiger partial charge on any atom is 0.243 e. The molecule has 1 fully saturated rings. The largest absolute Gasteiger partial charge is 0.345 e. The highest BCUT2D eigenvalue weighted by molar-refractivity contribution is 7.89. The molecule has 0 N–H and O–H groups in total. The fourth-order valence-electron chi connectivity index (χ4n) is 3.18. The van der Waals surface area contributed by atoms with Crippen LogP contribution >= 0.6 is 22.9 Å². The number of nitrogens with zero attached hydrogens (tertiary/aromatic N) is 3.